The van der Waals surface area contributed by atoms with Gasteiger partial charge >= 0.3 is 0 Å². The van der Waals surface area contributed by atoms with E-state index in [4.69, 9.17) is 5.11 Å². The number of rotatable bonds is 10. The van der Waals surface area contributed by atoms with Crippen molar-refractivity contribution in [2.75, 3.05) is 45.9 Å². The van der Waals surface area contributed by atoms with Crippen molar-refractivity contribution in [3.05, 3.63) is 107 Å². The summed E-state index contributed by atoms with van der Waals surface area (Å²) in [6, 6.07) is 28.7. The van der Waals surface area contributed by atoms with Crippen LogP contribution in [0.4, 0.5) is 0 Å². The fourth-order valence-electron chi connectivity index (χ4n) is 6.22. The van der Waals surface area contributed by atoms with Gasteiger partial charge in [0, 0.05) is 83.1 Å². The highest BCUT2D eigenvalue weighted by atomic mass is 16.3. The Hall–Kier alpha value is -2.87. The van der Waals surface area contributed by atoms with Gasteiger partial charge in [-0.05, 0) is 36.1 Å². The molecule has 40 heavy (non-hydrogen) atoms. The molecule has 3 aromatic carbocycles. The third-order valence-electron chi connectivity index (χ3n) is 8.51. The van der Waals surface area contributed by atoms with Gasteiger partial charge in [-0.25, -0.2) is 0 Å². The summed E-state index contributed by atoms with van der Waals surface area (Å²) in [6.45, 7) is 14.7. The average molecular weight is 541 g/mol. The molecule has 3 aromatic rings. The average Bonchev–Trinajstić information content (AvgIpc) is 2.97. The van der Waals surface area contributed by atoms with Crippen LogP contribution < -0.4 is 0 Å². The predicted octanol–water partition coefficient (Wildman–Crippen LogP) is 4.27. The maximum atomic E-state index is 11.7. The van der Waals surface area contributed by atoms with E-state index >= 15 is 0 Å². The number of hydrogen-bond acceptors (Lipinski definition) is 6. The lowest BCUT2D eigenvalue weighted by Gasteiger charge is -2.44. The summed E-state index contributed by atoms with van der Waals surface area (Å²) < 4.78 is 0. The maximum Gasteiger partial charge on any atom is 0.188 e. The molecule has 0 radical (unpaired) electrons. The molecule has 2 atom stereocenters. The molecule has 0 unspecified atom stereocenters. The molecule has 2 saturated heterocycles. The topological polar surface area (TPSA) is 50.3 Å². The zero-order valence-electron chi connectivity index (χ0n) is 24.1. The van der Waals surface area contributed by atoms with Crippen molar-refractivity contribution in [3.63, 3.8) is 0 Å². The number of carbonyl (C=O) groups is 1. The molecule has 212 valence electrons. The maximum absolute atomic E-state index is 11.7. The zero-order valence-corrected chi connectivity index (χ0v) is 24.1. The predicted molar refractivity (Wildman–Crippen MR) is 161 cm³/mol. The highest BCUT2D eigenvalue weighted by Gasteiger charge is 2.29. The Morgan fingerprint density at radius 1 is 0.625 bits per heavy atom. The summed E-state index contributed by atoms with van der Waals surface area (Å²) in [6.07, 6.45) is 0. The van der Waals surface area contributed by atoms with Gasteiger partial charge in [0.05, 0.1) is 0 Å². The molecule has 1 N–H and O–H groups in total. The number of piperazine rings is 2. The van der Waals surface area contributed by atoms with E-state index in [1.807, 2.05) is 24.3 Å². The monoisotopic (exact) mass is 540 g/mol. The highest BCUT2D eigenvalue weighted by Crippen LogP contribution is 2.22. The van der Waals surface area contributed by atoms with Crippen LogP contribution in [0.1, 0.15) is 46.5 Å². The first kappa shape index (κ1) is 28.7. The van der Waals surface area contributed by atoms with Crippen molar-refractivity contribution in [1.29, 1.82) is 0 Å². The molecule has 0 aromatic heterocycles. The first-order chi connectivity index (χ1) is 19.5. The number of aliphatic hydroxyl groups is 1. The van der Waals surface area contributed by atoms with Gasteiger partial charge in [-0.3, -0.25) is 24.4 Å². The number of aliphatic hydroxyl groups excluding tert-OH is 1. The van der Waals surface area contributed by atoms with Crippen LogP contribution in [0.5, 0.6) is 0 Å². The van der Waals surface area contributed by atoms with Crippen LogP contribution in [0.2, 0.25) is 0 Å². The standard InChI is InChI=1S/C34H44N4O2/c1-27-20-37(24-31-12-14-33(15-13-31)34(40)26-39)21-28(2)38(27)25-32-10-8-30(9-11-32)23-36-18-16-35(17-19-36)22-29-6-4-3-5-7-29/h3-15,27-28,39H,16-26H2,1-2H3/t27-,28+. The zero-order chi connectivity index (χ0) is 27.9. The van der Waals surface area contributed by atoms with Crippen LogP contribution >= 0.6 is 0 Å². The Morgan fingerprint density at radius 2 is 1.05 bits per heavy atom. The Labute approximate surface area is 239 Å². The first-order valence-corrected chi connectivity index (χ1v) is 14.7. The normalized spacial score (nSPS) is 21.5. The summed E-state index contributed by atoms with van der Waals surface area (Å²) in [5.41, 5.74) is 5.96. The molecule has 2 aliphatic rings. The fraction of sp³-hybridized carbons (Fsp3) is 0.441. The second-order valence-corrected chi connectivity index (χ2v) is 11.7. The van der Waals surface area contributed by atoms with E-state index in [0.717, 1.165) is 65.4 Å². The van der Waals surface area contributed by atoms with Crippen LogP contribution in [0.15, 0.2) is 78.9 Å². The van der Waals surface area contributed by atoms with Crippen LogP contribution in [0, 0.1) is 0 Å². The minimum Gasteiger partial charge on any atom is -0.388 e. The smallest absolute Gasteiger partial charge is 0.188 e. The summed E-state index contributed by atoms with van der Waals surface area (Å²) in [5, 5.41) is 9.07. The van der Waals surface area contributed by atoms with E-state index < -0.39 is 6.61 Å². The number of ketones is 1. The van der Waals surface area contributed by atoms with Gasteiger partial charge in [0.25, 0.3) is 0 Å². The van der Waals surface area contributed by atoms with Gasteiger partial charge in [0.1, 0.15) is 6.61 Å². The van der Waals surface area contributed by atoms with E-state index in [-0.39, 0.29) is 5.78 Å². The number of benzene rings is 3. The van der Waals surface area contributed by atoms with Gasteiger partial charge in [-0.1, -0.05) is 78.9 Å². The molecule has 2 aliphatic heterocycles. The van der Waals surface area contributed by atoms with Crippen molar-refractivity contribution >= 4 is 5.78 Å². The Morgan fingerprint density at radius 3 is 1.55 bits per heavy atom. The Balaban J connectivity index is 1.07. The number of nitrogens with zero attached hydrogens (tertiary/aromatic N) is 4. The Bertz CT molecular complexity index is 1190. The summed E-state index contributed by atoms with van der Waals surface area (Å²) in [4.78, 5) is 22.0. The van der Waals surface area contributed by atoms with E-state index in [1.54, 1.807) is 0 Å². The van der Waals surface area contributed by atoms with Crippen molar-refractivity contribution in [1.82, 2.24) is 19.6 Å². The van der Waals surface area contributed by atoms with Crippen LogP contribution in [0.25, 0.3) is 0 Å². The van der Waals surface area contributed by atoms with Crippen molar-refractivity contribution < 1.29 is 9.90 Å². The lowest BCUT2D eigenvalue weighted by molar-refractivity contribution is 0.0290. The van der Waals surface area contributed by atoms with Crippen molar-refractivity contribution in [2.45, 2.75) is 52.1 Å². The molecule has 2 heterocycles. The van der Waals surface area contributed by atoms with E-state index in [1.165, 1.54) is 22.3 Å². The van der Waals surface area contributed by atoms with Gasteiger partial charge < -0.3 is 5.11 Å². The molecule has 5 rings (SSSR count). The SMILES string of the molecule is C[C@@H]1CN(Cc2ccc(C(=O)CO)cc2)C[C@H](C)N1Cc1ccc(CN2CCN(Cc3ccccc3)CC2)cc1. The van der Waals surface area contributed by atoms with Crippen molar-refractivity contribution in [2.24, 2.45) is 0 Å². The Kier molecular flexibility index (Phi) is 9.79. The molecule has 0 spiro atoms. The summed E-state index contributed by atoms with van der Waals surface area (Å²) in [7, 11) is 0. The minimum absolute atomic E-state index is 0.229. The number of hydrogen-bond donors (Lipinski definition) is 1. The minimum atomic E-state index is -0.439. The van der Waals surface area contributed by atoms with Crippen LogP contribution in [-0.4, -0.2) is 88.4 Å². The molecule has 0 bridgehead atoms. The summed E-state index contributed by atoms with van der Waals surface area (Å²) in [5.74, 6) is -0.229. The number of carbonyl (C=O) groups excluding carboxylic acids is 1. The van der Waals surface area contributed by atoms with E-state index in [2.05, 4.69) is 88.0 Å². The highest BCUT2D eigenvalue weighted by molar-refractivity contribution is 5.96. The molecule has 0 aliphatic carbocycles. The second kappa shape index (κ2) is 13.7. The molecular formula is C34H44N4O2. The summed E-state index contributed by atoms with van der Waals surface area (Å²) >= 11 is 0. The quantitative estimate of drug-likeness (QED) is 0.388. The molecule has 2 fully saturated rings. The first-order valence-electron chi connectivity index (χ1n) is 14.7. The molecule has 0 amide bonds. The largest absolute Gasteiger partial charge is 0.388 e. The lowest BCUT2D eigenvalue weighted by Crippen LogP contribution is -2.55. The second-order valence-electron chi connectivity index (χ2n) is 11.7. The van der Waals surface area contributed by atoms with E-state index in [0.29, 0.717) is 17.6 Å². The van der Waals surface area contributed by atoms with Crippen LogP contribution in [-0.2, 0) is 26.2 Å². The molecule has 0 saturated carbocycles. The van der Waals surface area contributed by atoms with E-state index in [9.17, 15) is 4.79 Å². The van der Waals surface area contributed by atoms with Gasteiger partial charge in [0.15, 0.2) is 5.78 Å². The van der Waals surface area contributed by atoms with Gasteiger partial charge in [0.2, 0.25) is 0 Å². The fourth-order valence-corrected chi connectivity index (χ4v) is 6.22. The molecule has 6 nitrogen and oxygen atoms in total. The van der Waals surface area contributed by atoms with Gasteiger partial charge in [-0.2, -0.15) is 0 Å². The van der Waals surface area contributed by atoms with Gasteiger partial charge in [-0.15, -0.1) is 0 Å². The number of Topliss-reactive ketones (excluding diaryl/α,β-unsaturated/α-hetero) is 1. The molecule has 6 heteroatoms. The molecular weight excluding hydrogens is 496 g/mol. The van der Waals surface area contributed by atoms with Crippen LogP contribution in [0.3, 0.4) is 0 Å². The lowest BCUT2D eigenvalue weighted by atomic mass is 10.0. The third-order valence-corrected chi connectivity index (χ3v) is 8.51. The third kappa shape index (κ3) is 7.65. The van der Waals surface area contributed by atoms with Crippen molar-refractivity contribution in [3.8, 4) is 0 Å².